The summed E-state index contributed by atoms with van der Waals surface area (Å²) >= 11 is 1.49. The quantitative estimate of drug-likeness (QED) is 0.775. The highest BCUT2D eigenvalue weighted by Gasteiger charge is 2.47. The minimum Gasteiger partial charge on any atom is -0.480 e. The number of hydrogen-bond donors (Lipinski definition) is 2. The Balaban J connectivity index is 2.14. The van der Waals surface area contributed by atoms with E-state index in [2.05, 4.69) is 5.32 Å². The highest BCUT2D eigenvalue weighted by Crippen LogP contribution is 2.33. The second kappa shape index (κ2) is 6.04. The molecule has 1 saturated heterocycles. The molecule has 7 nitrogen and oxygen atoms in total. The fourth-order valence-corrected chi connectivity index (χ4v) is 5.47. The summed E-state index contributed by atoms with van der Waals surface area (Å²) < 4.78 is 24.2. The van der Waals surface area contributed by atoms with E-state index in [0.29, 0.717) is 30.9 Å². The summed E-state index contributed by atoms with van der Waals surface area (Å²) in [7, 11) is -3.38. The van der Waals surface area contributed by atoms with Gasteiger partial charge in [-0.05, 0) is 19.3 Å². The molecule has 2 fully saturated rings. The number of carbonyl (C=O) groups is 2. The molecule has 1 atom stereocenters. The van der Waals surface area contributed by atoms with Crippen molar-refractivity contribution in [3.8, 4) is 0 Å². The van der Waals surface area contributed by atoms with Crippen molar-refractivity contribution in [2.45, 2.75) is 37.1 Å². The van der Waals surface area contributed by atoms with Gasteiger partial charge in [0.25, 0.3) is 0 Å². The largest absolute Gasteiger partial charge is 0.480 e. The summed E-state index contributed by atoms with van der Waals surface area (Å²) in [5, 5.41) is 10.9. The Morgan fingerprint density at radius 3 is 2.57 bits per heavy atom. The predicted molar refractivity (Wildman–Crippen MR) is 80.0 cm³/mol. The second-order valence-electron chi connectivity index (χ2n) is 5.35. The van der Waals surface area contributed by atoms with Crippen LogP contribution in [0, 0.1) is 0 Å². The van der Waals surface area contributed by atoms with E-state index in [1.807, 2.05) is 0 Å². The van der Waals surface area contributed by atoms with Gasteiger partial charge in [0.2, 0.25) is 0 Å². The average molecular weight is 336 g/mol. The van der Waals surface area contributed by atoms with Gasteiger partial charge in [0.05, 0.1) is 0 Å². The minimum atomic E-state index is -3.38. The number of carbonyl (C=O) groups excluding carboxylic acids is 1. The Kier molecular flexibility index (Phi) is 4.72. The molecular weight excluding hydrogens is 316 g/mol. The van der Waals surface area contributed by atoms with Gasteiger partial charge in [-0.1, -0.05) is 6.92 Å². The van der Waals surface area contributed by atoms with Gasteiger partial charge in [0.15, 0.2) is 9.84 Å². The lowest BCUT2D eigenvalue weighted by atomic mass is 9.77. The van der Waals surface area contributed by atoms with Crippen molar-refractivity contribution in [1.29, 1.82) is 0 Å². The maximum atomic E-state index is 12.4. The van der Waals surface area contributed by atoms with Crippen molar-refractivity contribution >= 4 is 33.6 Å². The van der Waals surface area contributed by atoms with Crippen LogP contribution in [0.2, 0.25) is 0 Å². The minimum absolute atomic E-state index is 0.0356. The van der Waals surface area contributed by atoms with E-state index in [4.69, 9.17) is 0 Å². The van der Waals surface area contributed by atoms with Crippen molar-refractivity contribution in [1.82, 2.24) is 10.2 Å². The SMILES string of the molecule is CCS(=O)(=O)C1CSCCN1C(=O)NC1(C(=O)O)CCC1. The van der Waals surface area contributed by atoms with Gasteiger partial charge >= 0.3 is 12.0 Å². The molecule has 1 aliphatic heterocycles. The van der Waals surface area contributed by atoms with Crippen molar-refractivity contribution in [3.63, 3.8) is 0 Å². The smallest absolute Gasteiger partial charge is 0.329 e. The first-order chi connectivity index (χ1) is 9.82. The third kappa shape index (κ3) is 3.13. The summed E-state index contributed by atoms with van der Waals surface area (Å²) in [6.45, 7) is 1.87. The average Bonchev–Trinajstić information content (AvgIpc) is 2.42. The molecule has 0 bridgehead atoms. The third-order valence-electron chi connectivity index (χ3n) is 4.13. The molecule has 2 N–H and O–H groups in total. The zero-order chi connectivity index (χ0) is 15.7. The molecule has 0 aromatic carbocycles. The first kappa shape index (κ1) is 16.4. The maximum absolute atomic E-state index is 12.4. The molecule has 0 aromatic heterocycles. The Morgan fingerprint density at radius 1 is 1.43 bits per heavy atom. The van der Waals surface area contributed by atoms with Crippen molar-refractivity contribution in [2.24, 2.45) is 0 Å². The maximum Gasteiger partial charge on any atom is 0.329 e. The van der Waals surface area contributed by atoms with Crippen LogP contribution >= 0.6 is 11.8 Å². The number of amides is 2. The van der Waals surface area contributed by atoms with E-state index in [1.54, 1.807) is 6.92 Å². The van der Waals surface area contributed by atoms with Crippen LogP contribution in [-0.2, 0) is 14.6 Å². The summed E-state index contributed by atoms with van der Waals surface area (Å²) in [6.07, 6.45) is 1.53. The third-order valence-corrected chi connectivity index (χ3v) is 7.41. The fourth-order valence-electron chi connectivity index (χ4n) is 2.50. The van der Waals surface area contributed by atoms with E-state index in [-0.39, 0.29) is 5.75 Å². The van der Waals surface area contributed by atoms with E-state index in [9.17, 15) is 23.1 Å². The van der Waals surface area contributed by atoms with Gasteiger partial charge < -0.3 is 15.3 Å². The molecule has 120 valence electrons. The van der Waals surface area contributed by atoms with Crippen LogP contribution in [0.25, 0.3) is 0 Å². The van der Waals surface area contributed by atoms with Gasteiger partial charge in [0.1, 0.15) is 10.9 Å². The van der Waals surface area contributed by atoms with Crippen molar-refractivity contribution in [2.75, 3.05) is 23.8 Å². The van der Waals surface area contributed by atoms with Crippen LogP contribution in [-0.4, -0.2) is 65.1 Å². The fraction of sp³-hybridized carbons (Fsp3) is 0.833. The number of nitrogens with one attached hydrogen (secondary N) is 1. The number of sulfone groups is 1. The molecule has 0 aromatic rings. The van der Waals surface area contributed by atoms with Crippen LogP contribution in [0.4, 0.5) is 4.79 Å². The Morgan fingerprint density at radius 2 is 2.10 bits per heavy atom. The van der Waals surface area contributed by atoms with Crippen LogP contribution in [0.1, 0.15) is 26.2 Å². The lowest BCUT2D eigenvalue weighted by molar-refractivity contribution is -0.148. The number of carboxylic acid groups (broad SMARTS) is 1. The number of carboxylic acids is 1. The lowest BCUT2D eigenvalue weighted by Gasteiger charge is -2.42. The number of nitrogens with zero attached hydrogens (tertiary/aromatic N) is 1. The van der Waals surface area contributed by atoms with Gasteiger partial charge in [-0.2, -0.15) is 11.8 Å². The zero-order valence-electron chi connectivity index (χ0n) is 11.9. The topological polar surface area (TPSA) is 104 Å². The van der Waals surface area contributed by atoms with Gasteiger partial charge in [-0.3, -0.25) is 0 Å². The molecule has 1 aliphatic carbocycles. The molecule has 0 radical (unpaired) electrons. The Hall–Kier alpha value is -0.960. The molecule has 2 rings (SSSR count). The van der Waals surface area contributed by atoms with Crippen LogP contribution in [0.3, 0.4) is 0 Å². The standard InChI is InChI=1S/C12H20N2O5S2/c1-2-21(18,19)9-8-20-7-6-14(9)11(17)13-12(10(15)16)4-3-5-12/h9H,2-8H2,1H3,(H,13,17)(H,15,16). The highest BCUT2D eigenvalue weighted by molar-refractivity contribution is 8.01. The first-order valence-electron chi connectivity index (χ1n) is 6.94. The number of hydrogen-bond acceptors (Lipinski definition) is 5. The molecule has 21 heavy (non-hydrogen) atoms. The van der Waals surface area contributed by atoms with Gasteiger partial charge in [-0.15, -0.1) is 0 Å². The zero-order valence-corrected chi connectivity index (χ0v) is 13.5. The normalized spacial score (nSPS) is 25.0. The summed E-state index contributed by atoms with van der Waals surface area (Å²) in [5.41, 5.74) is -1.22. The molecule has 1 unspecified atom stereocenters. The van der Waals surface area contributed by atoms with E-state index < -0.39 is 32.8 Å². The monoisotopic (exact) mass is 336 g/mol. The summed E-state index contributed by atoms with van der Waals surface area (Å²) in [4.78, 5) is 24.9. The molecule has 2 amide bonds. The molecular formula is C12H20N2O5S2. The van der Waals surface area contributed by atoms with Crippen molar-refractivity contribution < 1.29 is 23.1 Å². The molecule has 9 heteroatoms. The van der Waals surface area contributed by atoms with E-state index in [0.717, 1.165) is 6.42 Å². The number of rotatable bonds is 4. The van der Waals surface area contributed by atoms with Crippen LogP contribution < -0.4 is 5.32 Å². The first-order valence-corrected chi connectivity index (χ1v) is 9.81. The summed E-state index contributed by atoms with van der Waals surface area (Å²) in [6, 6.07) is -0.584. The highest BCUT2D eigenvalue weighted by atomic mass is 32.2. The molecule has 1 saturated carbocycles. The van der Waals surface area contributed by atoms with Crippen LogP contribution in [0.5, 0.6) is 0 Å². The van der Waals surface area contributed by atoms with E-state index in [1.165, 1.54) is 16.7 Å². The van der Waals surface area contributed by atoms with E-state index >= 15 is 0 Å². The molecule has 0 spiro atoms. The predicted octanol–water partition coefficient (Wildman–Crippen LogP) is 0.513. The number of aliphatic carboxylic acids is 1. The van der Waals surface area contributed by atoms with Gasteiger partial charge in [-0.25, -0.2) is 18.0 Å². The summed E-state index contributed by atoms with van der Waals surface area (Å²) in [5.74, 6) is -0.0951. The number of urea groups is 1. The van der Waals surface area contributed by atoms with Gasteiger partial charge in [0, 0.05) is 23.8 Å². The Labute approximate surface area is 128 Å². The molecule has 2 aliphatic rings. The van der Waals surface area contributed by atoms with Crippen LogP contribution in [0.15, 0.2) is 0 Å². The second-order valence-corrected chi connectivity index (χ2v) is 8.94. The Bertz CT molecular complexity index is 530. The molecule has 1 heterocycles. The van der Waals surface area contributed by atoms with Crippen molar-refractivity contribution in [3.05, 3.63) is 0 Å². The number of thioether (sulfide) groups is 1. The lowest BCUT2D eigenvalue weighted by Crippen LogP contribution is -2.64.